The van der Waals surface area contributed by atoms with Crippen molar-refractivity contribution in [3.05, 3.63) is 48.8 Å². The molecule has 19 heavy (non-hydrogen) atoms. The third kappa shape index (κ3) is 1.33. The third-order valence-electron chi connectivity index (χ3n) is 4.77. The SMILES string of the molecule is C=CC1(C)[n+]2cn(C)nc2-c2ccccc2C1(C)C. The minimum Gasteiger partial charge on any atom is -0.221 e. The highest BCUT2D eigenvalue weighted by Crippen LogP contribution is 2.45. The van der Waals surface area contributed by atoms with Gasteiger partial charge in [-0.2, -0.15) is 0 Å². The van der Waals surface area contributed by atoms with E-state index in [0.717, 1.165) is 5.82 Å². The van der Waals surface area contributed by atoms with Gasteiger partial charge in [0.05, 0.1) is 12.6 Å². The molecular formula is C16H20N3+. The number of aromatic nitrogens is 3. The standard InChI is InChI=1S/C16H20N3/c1-6-16(4)15(2,3)13-10-8-7-9-12(13)14-17-18(5)11-19(14)16/h6-11H,1H2,2-5H3/q+1. The molecule has 1 atom stereocenters. The molecule has 3 rings (SSSR count). The van der Waals surface area contributed by atoms with E-state index < -0.39 is 0 Å². The fourth-order valence-electron chi connectivity index (χ4n) is 3.12. The molecule has 0 radical (unpaired) electrons. The van der Waals surface area contributed by atoms with Crippen LogP contribution in [0.5, 0.6) is 0 Å². The van der Waals surface area contributed by atoms with Crippen LogP contribution in [0.3, 0.4) is 0 Å². The molecule has 98 valence electrons. The van der Waals surface area contributed by atoms with Crippen LogP contribution in [0, 0.1) is 0 Å². The maximum absolute atomic E-state index is 4.63. The average molecular weight is 254 g/mol. The molecule has 1 aromatic carbocycles. The summed E-state index contributed by atoms with van der Waals surface area (Å²) in [5.41, 5.74) is 2.32. The zero-order valence-corrected chi connectivity index (χ0v) is 12.0. The lowest BCUT2D eigenvalue weighted by Crippen LogP contribution is -2.65. The Morgan fingerprint density at radius 3 is 2.63 bits per heavy atom. The van der Waals surface area contributed by atoms with Crippen LogP contribution in [-0.4, -0.2) is 9.78 Å². The molecule has 2 heterocycles. The number of fused-ring (bicyclic) bond motifs is 3. The molecule has 1 aromatic heterocycles. The number of rotatable bonds is 1. The van der Waals surface area contributed by atoms with Crippen LogP contribution in [0.2, 0.25) is 0 Å². The van der Waals surface area contributed by atoms with Gasteiger partial charge in [-0.3, -0.25) is 0 Å². The molecule has 0 bridgehead atoms. The molecule has 3 nitrogen and oxygen atoms in total. The predicted octanol–water partition coefficient (Wildman–Crippen LogP) is 2.57. The Hall–Kier alpha value is -1.90. The van der Waals surface area contributed by atoms with Crippen LogP contribution in [0.25, 0.3) is 11.4 Å². The van der Waals surface area contributed by atoms with Crippen molar-refractivity contribution in [2.24, 2.45) is 7.05 Å². The predicted molar refractivity (Wildman–Crippen MR) is 75.7 cm³/mol. The van der Waals surface area contributed by atoms with Gasteiger partial charge >= 0.3 is 5.82 Å². The number of nitrogens with zero attached hydrogens (tertiary/aromatic N) is 3. The Labute approximate surface area is 114 Å². The molecule has 1 unspecified atom stereocenters. The van der Waals surface area contributed by atoms with Crippen molar-refractivity contribution in [1.82, 2.24) is 9.78 Å². The minimum absolute atomic E-state index is 0.0357. The normalized spacial score (nSPS) is 23.6. The van der Waals surface area contributed by atoms with Crippen LogP contribution in [-0.2, 0) is 18.0 Å². The van der Waals surface area contributed by atoms with Crippen molar-refractivity contribution in [3.63, 3.8) is 0 Å². The van der Waals surface area contributed by atoms with Crippen molar-refractivity contribution in [1.29, 1.82) is 0 Å². The number of hydrogen-bond donors (Lipinski definition) is 0. The van der Waals surface area contributed by atoms with Gasteiger partial charge in [0.15, 0.2) is 0 Å². The van der Waals surface area contributed by atoms with E-state index in [9.17, 15) is 0 Å². The molecular weight excluding hydrogens is 234 g/mol. The molecule has 3 heteroatoms. The lowest BCUT2D eigenvalue weighted by Gasteiger charge is -2.44. The van der Waals surface area contributed by atoms with E-state index >= 15 is 0 Å². The largest absolute Gasteiger partial charge is 0.309 e. The molecule has 1 aliphatic heterocycles. The van der Waals surface area contributed by atoms with Crippen LogP contribution in [0.1, 0.15) is 26.3 Å². The third-order valence-corrected chi connectivity index (χ3v) is 4.77. The highest BCUT2D eigenvalue weighted by Gasteiger charge is 2.51. The van der Waals surface area contributed by atoms with Crippen LogP contribution in [0.15, 0.2) is 43.2 Å². The maximum atomic E-state index is 4.63. The van der Waals surface area contributed by atoms with Gasteiger partial charge in [0, 0.05) is 10.5 Å². The first-order valence-electron chi connectivity index (χ1n) is 6.61. The summed E-state index contributed by atoms with van der Waals surface area (Å²) in [5.74, 6) is 1.01. The van der Waals surface area contributed by atoms with Crippen molar-refractivity contribution >= 4 is 0 Å². The molecule has 0 spiro atoms. The summed E-state index contributed by atoms with van der Waals surface area (Å²) in [5, 5.41) is 4.63. The van der Waals surface area contributed by atoms with E-state index in [1.807, 2.05) is 17.8 Å². The Balaban J connectivity index is 2.45. The monoisotopic (exact) mass is 254 g/mol. The minimum atomic E-state index is -0.190. The van der Waals surface area contributed by atoms with Crippen LogP contribution < -0.4 is 4.57 Å². The first-order chi connectivity index (χ1) is 8.91. The van der Waals surface area contributed by atoms with Crippen LogP contribution >= 0.6 is 0 Å². The second-order valence-corrected chi connectivity index (χ2v) is 6.00. The Bertz CT molecular complexity index is 666. The Morgan fingerprint density at radius 2 is 1.95 bits per heavy atom. The molecule has 0 N–H and O–H groups in total. The van der Waals surface area contributed by atoms with E-state index in [1.54, 1.807) is 0 Å². The lowest BCUT2D eigenvalue weighted by molar-refractivity contribution is -0.751. The van der Waals surface area contributed by atoms with Gasteiger partial charge in [0.1, 0.15) is 5.54 Å². The van der Waals surface area contributed by atoms with Gasteiger partial charge in [0.2, 0.25) is 6.33 Å². The highest BCUT2D eigenvalue weighted by molar-refractivity contribution is 5.62. The van der Waals surface area contributed by atoms with E-state index in [2.05, 4.69) is 67.6 Å². The molecule has 0 saturated heterocycles. The molecule has 2 aromatic rings. The molecule has 0 aliphatic carbocycles. The van der Waals surface area contributed by atoms with Crippen LogP contribution in [0.4, 0.5) is 0 Å². The van der Waals surface area contributed by atoms with E-state index in [1.165, 1.54) is 11.1 Å². The second-order valence-electron chi connectivity index (χ2n) is 6.00. The van der Waals surface area contributed by atoms with E-state index in [4.69, 9.17) is 0 Å². The van der Waals surface area contributed by atoms with E-state index in [0.29, 0.717) is 0 Å². The molecule has 1 aliphatic rings. The maximum Gasteiger partial charge on any atom is 0.309 e. The van der Waals surface area contributed by atoms with Gasteiger partial charge in [-0.25, -0.2) is 4.57 Å². The summed E-state index contributed by atoms with van der Waals surface area (Å²) < 4.78 is 4.11. The zero-order chi connectivity index (χ0) is 13.8. The number of allylic oxidation sites excluding steroid dienone is 1. The molecule has 0 fully saturated rings. The average Bonchev–Trinajstić information content (AvgIpc) is 2.79. The second kappa shape index (κ2) is 3.56. The van der Waals surface area contributed by atoms with Gasteiger partial charge in [-0.15, -0.1) is 4.68 Å². The summed E-state index contributed by atoms with van der Waals surface area (Å²) in [4.78, 5) is 0. The smallest absolute Gasteiger partial charge is 0.221 e. The Morgan fingerprint density at radius 1 is 1.26 bits per heavy atom. The number of aryl methyl sites for hydroxylation is 1. The quantitative estimate of drug-likeness (QED) is 0.566. The van der Waals surface area contributed by atoms with Crippen molar-refractivity contribution < 1.29 is 4.57 Å². The summed E-state index contributed by atoms with van der Waals surface area (Å²) >= 11 is 0. The summed E-state index contributed by atoms with van der Waals surface area (Å²) in [6, 6.07) is 8.53. The van der Waals surface area contributed by atoms with Crippen molar-refractivity contribution in [2.75, 3.05) is 0 Å². The first-order valence-corrected chi connectivity index (χ1v) is 6.61. The summed E-state index contributed by atoms with van der Waals surface area (Å²) in [6.07, 6.45) is 4.09. The van der Waals surface area contributed by atoms with Gasteiger partial charge in [0.25, 0.3) is 0 Å². The lowest BCUT2D eigenvalue weighted by atomic mass is 9.65. The zero-order valence-electron chi connectivity index (χ0n) is 12.0. The summed E-state index contributed by atoms with van der Waals surface area (Å²) in [6.45, 7) is 10.8. The van der Waals surface area contributed by atoms with Gasteiger partial charge in [-0.1, -0.05) is 44.7 Å². The van der Waals surface area contributed by atoms with Gasteiger partial charge in [-0.05, 0) is 18.6 Å². The highest BCUT2D eigenvalue weighted by atomic mass is 15.4. The fraction of sp³-hybridized carbons (Fsp3) is 0.375. The first kappa shape index (κ1) is 12.2. The van der Waals surface area contributed by atoms with Crippen molar-refractivity contribution in [2.45, 2.75) is 31.7 Å². The topological polar surface area (TPSA) is 21.7 Å². The van der Waals surface area contributed by atoms with Crippen molar-refractivity contribution in [3.8, 4) is 11.4 Å². The number of benzene rings is 1. The molecule has 0 saturated carbocycles. The fourth-order valence-corrected chi connectivity index (χ4v) is 3.12. The number of hydrogen-bond acceptors (Lipinski definition) is 1. The Kier molecular flexibility index (Phi) is 2.28. The van der Waals surface area contributed by atoms with Gasteiger partial charge < -0.3 is 0 Å². The molecule has 0 amide bonds. The van der Waals surface area contributed by atoms with E-state index in [-0.39, 0.29) is 11.0 Å². The summed E-state index contributed by atoms with van der Waals surface area (Å²) in [7, 11) is 1.96.